The number of nitrogens with one attached hydrogen (secondary N) is 1. The number of benzene rings is 2. The molecule has 23 heavy (non-hydrogen) atoms. The number of carbonyl (C=O) groups is 1. The zero-order chi connectivity index (χ0) is 16.4. The van der Waals surface area contributed by atoms with Crippen LogP contribution < -0.4 is 5.32 Å². The molecule has 0 bridgehead atoms. The fraction of sp³-hybridized carbons (Fsp3) is 0.150. The molecule has 3 rings (SSSR count). The first-order chi connectivity index (χ1) is 11.0. The normalized spacial score (nSPS) is 11.3. The summed E-state index contributed by atoms with van der Waals surface area (Å²) >= 11 is 0. The van der Waals surface area contributed by atoms with Crippen molar-refractivity contribution in [3.63, 3.8) is 0 Å². The molecule has 0 saturated heterocycles. The first kappa shape index (κ1) is 15.1. The van der Waals surface area contributed by atoms with Crippen LogP contribution in [0.5, 0.6) is 0 Å². The Morgan fingerprint density at radius 1 is 1.00 bits per heavy atom. The molecule has 1 heterocycles. The lowest BCUT2D eigenvalue weighted by molar-refractivity contribution is -0.111. The van der Waals surface area contributed by atoms with Gasteiger partial charge in [-0.15, -0.1) is 0 Å². The summed E-state index contributed by atoms with van der Waals surface area (Å²) in [5, 5.41) is 3.90. The Morgan fingerprint density at radius 3 is 2.61 bits per heavy atom. The summed E-state index contributed by atoms with van der Waals surface area (Å²) in [6, 6.07) is 13.8. The van der Waals surface area contributed by atoms with Gasteiger partial charge < -0.3 is 9.73 Å². The SMILES string of the molecule is Cc1ccc2oc(C=CC(=O)Nc3ccc(C)c(C)c3)cc2c1. The predicted octanol–water partition coefficient (Wildman–Crippen LogP) is 5.01. The van der Waals surface area contributed by atoms with E-state index in [0.29, 0.717) is 5.76 Å². The van der Waals surface area contributed by atoms with Gasteiger partial charge in [0.05, 0.1) is 0 Å². The number of carbonyl (C=O) groups excluding carboxylic acids is 1. The molecule has 1 amide bonds. The van der Waals surface area contributed by atoms with Crippen LogP contribution in [0.1, 0.15) is 22.5 Å². The molecule has 2 aromatic carbocycles. The van der Waals surface area contributed by atoms with Gasteiger partial charge in [-0.1, -0.05) is 17.7 Å². The molecule has 0 unspecified atom stereocenters. The molecule has 0 saturated carbocycles. The average Bonchev–Trinajstić information content (AvgIpc) is 2.91. The van der Waals surface area contributed by atoms with Gasteiger partial charge in [-0.2, -0.15) is 0 Å². The fourth-order valence-corrected chi connectivity index (χ4v) is 2.43. The molecule has 3 heteroatoms. The molecule has 0 fully saturated rings. The van der Waals surface area contributed by atoms with Gasteiger partial charge in [0.1, 0.15) is 11.3 Å². The summed E-state index contributed by atoms with van der Waals surface area (Å²) in [4.78, 5) is 12.0. The van der Waals surface area contributed by atoms with Crippen molar-refractivity contribution < 1.29 is 9.21 Å². The van der Waals surface area contributed by atoms with E-state index in [0.717, 1.165) is 22.2 Å². The quantitative estimate of drug-likeness (QED) is 0.691. The fourth-order valence-electron chi connectivity index (χ4n) is 2.43. The number of furan rings is 1. The van der Waals surface area contributed by atoms with Crippen LogP contribution in [0.3, 0.4) is 0 Å². The highest BCUT2D eigenvalue weighted by molar-refractivity contribution is 6.02. The molecule has 0 aliphatic rings. The van der Waals surface area contributed by atoms with Crippen molar-refractivity contribution in [3.8, 4) is 0 Å². The number of hydrogen-bond acceptors (Lipinski definition) is 2. The third-order valence-electron chi connectivity index (χ3n) is 3.86. The molecule has 0 radical (unpaired) electrons. The minimum atomic E-state index is -0.176. The summed E-state index contributed by atoms with van der Waals surface area (Å²) in [7, 11) is 0. The summed E-state index contributed by atoms with van der Waals surface area (Å²) in [6.07, 6.45) is 3.17. The Balaban J connectivity index is 1.72. The maximum atomic E-state index is 12.0. The largest absolute Gasteiger partial charge is 0.457 e. The van der Waals surface area contributed by atoms with Crippen LogP contribution in [0.15, 0.2) is 53.0 Å². The second-order valence-corrected chi connectivity index (χ2v) is 5.81. The van der Waals surface area contributed by atoms with Crippen LogP contribution in [-0.2, 0) is 4.79 Å². The van der Waals surface area contributed by atoms with Gasteiger partial charge in [-0.25, -0.2) is 0 Å². The molecule has 1 aromatic heterocycles. The van der Waals surface area contributed by atoms with Crippen LogP contribution in [-0.4, -0.2) is 5.91 Å². The van der Waals surface area contributed by atoms with E-state index in [-0.39, 0.29) is 5.91 Å². The zero-order valence-corrected chi connectivity index (χ0v) is 13.5. The van der Waals surface area contributed by atoms with Crippen LogP contribution in [0, 0.1) is 20.8 Å². The highest BCUT2D eigenvalue weighted by atomic mass is 16.3. The molecule has 1 N–H and O–H groups in total. The van der Waals surface area contributed by atoms with E-state index < -0.39 is 0 Å². The summed E-state index contributed by atoms with van der Waals surface area (Å²) in [5.41, 5.74) is 5.16. The van der Waals surface area contributed by atoms with Gasteiger partial charge in [0.15, 0.2) is 0 Å². The van der Waals surface area contributed by atoms with E-state index in [1.165, 1.54) is 17.2 Å². The van der Waals surface area contributed by atoms with Gasteiger partial charge in [0.2, 0.25) is 5.91 Å². The Morgan fingerprint density at radius 2 is 1.83 bits per heavy atom. The van der Waals surface area contributed by atoms with E-state index in [1.54, 1.807) is 6.08 Å². The third-order valence-corrected chi connectivity index (χ3v) is 3.86. The number of rotatable bonds is 3. The monoisotopic (exact) mass is 305 g/mol. The molecule has 3 aromatic rings. The van der Waals surface area contributed by atoms with Gasteiger partial charge in [0.25, 0.3) is 0 Å². The predicted molar refractivity (Wildman–Crippen MR) is 94.5 cm³/mol. The van der Waals surface area contributed by atoms with Crippen LogP contribution in [0.4, 0.5) is 5.69 Å². The molecule has 0 atom stereocenters. The molecule has 0 spiro atoms. The highest BCUT2D eigenvalue weighted by Gasteiger charge is 2.03. The minimum Gasteiger partial charge on any atom is -0.457 e. The smallest absolute Gasteiger partial charge is 0.248 e. The van der Waals surface area contributed by atoms with Crippen LogP contribution in [0.2, 0.25) is 0 Å². The standard InChI is InChI=1S/C20H19NO2/c1-13-4-8-19-16(10-13)12-18(23-19)7-9-20(22)21-17-6-5-14(2)15(3)11-17/h4-12H,1-3H3,(H,21,22). The first-order valence-corrected chi connectivity index (χ1v) is 7.58. The Kier molecular flexibility index (Phi) is 4.02. The van der Waals surface area contributed by atoms with Crippen LogP contribution >= 0.6 is 0 Å². The van der Waals surface area contributed by atoms with Gasteiger partial charge in [-0.05, 0) is 68.3 Å². The maximum Gasteiger partial charge on any atom is 0.248 e. The molecule has 116 valence electrons. The van der Waals surface area contributed by atoms with E-state index in [9.17, 15) is 4.79 Å². The molecule has 3 nitrogen and oxygen atoms in total. The summed E-state index contributed by atoms with van der Waals surface area (Å²) < 4.78 is 5.69. The minimum absolute atomic E-state index is 0.176. The molecular weight excluding hydrogens is 286 g/mol. The molecule has 0 aliphatic heterocycles. The van der Waals surface area contributed by atoms with Crippen molar-refractivity contribution in [3.05, 3.63) is 71.0 Å². The molecule has 0 aliphatic carbocycles. The third kappa shape index (κ3) is 3.51. The summed E-state index contributed by atoms with van der Waals surface area (Å²) in [5.74, 6) is 0.491. The van der Waals surface area contributed by atoms with Crippen molar-refractivity contribution in [1.82, 2.24) is 0 Å². The number of fused-ring (bicyclic) bond motifs is 1. The maximum absolute atomic E-state index is 12.0. The lowest BCUT2D eigenvalue weighted by Crippen LogP contribution is -2.07. The zero-order valence-electron chi connectivity index (χ0n) is 13.5. The molecular formula is C20H19NO2. The highest BCUT2D eigenvalue weighted by Crippen LogP contribution is 2.21. The number of anilines is 1. The Bertz CT molecular complexity index is 903. The first-order valence-electron chi connectivity index (χ1n) is 7.58. The van der Waals surface area contributed by atoms with Gasteiger partial charge in [-0.3, -0.25) is 4.79 Å². The van der Waals surface area contributed by atoms with Crippen molar-refractivity contribution in [2.24, 2.45) is 0 Å². The van der Waals surface area contributed by atoms with E-state index in [4.69, 9.17) is 4.42 Å². The van der Waals surface area contributed by atoms with Crippen molar-refractivity contribution in [2.75, 3.05) is 5.32 Å². The van der Waals surface area contributed by atoms with Crippen molar-refractivity contribution in [2.45, 2.75) is 20.8 Å². The van der Waals surface area contributed by atoms with E-state index in [1.807, 2.05) is 57.2 Å². The Hall–Kier alpha value is -2.81. The second kappa shape index (κ2) is 6.13. The number of amides is 1. The lowest BCUT2D eigenvalue weighted by Gasteiger charge is -2.05. The Labute approximate surface area is 135 Å². The van der Waals surface area contributed by atoms with Crippen LogP contribution in [0.25, 0.3) is 17.0 Å². The van der Waals surface area contributed by atoms with Crippen molar-refractivity contribution in [1.29, 1.82) is 0 Å². The average molecular weight is 305 g/mol. The second-order valence-electron chi connectivity index (χ2n) is 5.81. The van der Waals surface area contributed by atoms with E-state index >= 15 is 0 Å². The number of aryl methyl sites for hydroxylation is 3. The van der Waals surface area contributed by atoms with Gasteiger partial charge >= 0.3 is 0 Å². The number of hydrogen-bond donors (Lipinski definition) is 1. The van der Waals surface area contributed by atoms with Gasteiger partial charge in [0, 0.05) is 17.1 Å². The summed E-state index contributed by atoms with van der Waals surface area (Å²) in [6.45, 7) is 6.11. The lowest BCUT2D eigenvalue weighted by atomic mass is 10.1. The topological polar surface area (TPSA) is 42.2 Å². The van der Waals surface area contributed by atoms with E-state index in [2.05, 4.69) is 11.4 Å². The van der Waals surface area contributed by atoms with Crippen molar-refractivity contribution >= 4 is 28.6 Å².